The highest BCUT2D eigenvalue weighted by molar-refractivity contribution is 6.31. The molecule has 0 aliphatic rings. The minimum atomic E-state index is 0.728. The second-order valence-corrected chi connectivity index (χ2v) is 8.58. The Labute approximate surface area is 190 Å². The lowest BCUT2D eigenvalue weighted by Crippen LogP contribution is -1.98. The molecule has 0 aliphatic carbocycles. The van der Waals surface area contributed by atoms with Crippen LogP contribution in [-0.4, -0.2) is 4.40 Å². The summed E-state index contributed by atoms with van der Waals surface area (Å²) in [6.07, 6.45) is 0. The number of pyridine rings is 1. The number of nitrogens with zero attached hydrogens (tertiary/aromatic N) is 1. The van der Waals surface area contributed by atoms with E-state index in [1.54, 1.807) is 0 Å². The summed E-state index contributed by atoms with van der Waals surface area (Å²) in [6.45, 7) is 0. The number of hydrogen-bond donors (Lipinski definition) is 0. The van der Waals surface area contributed by atoms with Gasteiger partial charge in [0.15, 0.2) is 0 Å². The van der Waals surface area contributed by atoms with Crippen LogP contribution in [0.5, 0.6) is 0 Å². The molecule has 0 atom stereocenters. The van der Waals surface area contributed by atoms with Gasteiger partial charge in [0.2, 0.25) is 0 Å². The zero-order valence-electron chi connectivity index (χ0n) is 16.5. The van der Waals surface area contributed by atoms with Gasteiger partial charge in [0.25, 0.3) is 0 Å². The molecule has 0 saturated carbocycles. The number of hydrogen-bond acceptors (Lipinski definition) is 0. The molecule has 0 N–H and O–H groups in total. The number of para-hydroxylation sites is 1. The fraction of sp³-hybridized carbons (Fsp3) is 0. The zero-order valence-corrected chi connectivity index (χ0v) is 18.0. The van der Waals surface area contributed by atoms with E-state index in [0.717, 1.165) is 26.9 Å². The van der Waals surface area contributed by atoms with Gasteiger partial charge in [0.1, 0.15) is 0 Å². The molecule has 0 spiro atoms. The fourth-order valence-corrected chi connectivity index (χ4v) is 4.80. The molecule has 0 amide bonds. The summed E-state index contributed by atoms with van der Waals surface area (Å²) in [5.74, 6) is 0. The molecule has 0 saturated heterocycles. The van der Waals surface area contributed by atoms with E-state index in [9.17, 15) is 0 Å². The van der Waals surface area contributed by atoms with Crippen molar-refractivity contribution in [2.45, 2.75) is 0 Å². The number of halogens is 2. The molecule has 2 aromatic heterocycles. The van der Waals surface area contributed by atoms with Crippen LogP contribution in [0.4, 0.5) is 0 Å². The molecule has 0 bridgehead atoms. The maximum absolute atomic E-state index is 6.24. The first-order valence-corrected chi connectivity index (χ1v) is 10.9. The van der Waals surface area contributed by atoms with Gasteiger partial charge in [-0.1, -0.05) is 89.9 Å². The average Bonchev–Trinajstić information content (AvgIpc) is 3.19. The summed E-state index contributed by atoms with van der Waals surface area (Å²) in [4.78, 5) is 0. The third-order valence-electron chi connectivity index (χ3n) is 5.89. The van der Waals surface area contributed by atoms with Crippen LogP contribution >= 0.6 is 23.2 Å². The Hall–Kier alpha value is -3.26. The Bertz CT molecular complexity index is 1580. The van der Waals surface area contributed by atoms with Gasteiger partial charge in [-0.15, -0.1) is 0 Å². The number of aromatic nitrogens is 1. The topological polar surface area (TPSA) is 4.41 Å². The lowest BCUT2D eigenvalue weighted by molar-refractivity contribution is 1.27. The molecule has 0 unspecified atom stereocenters. The maximum atomic E-state index is 6.24. The third kappa shape index (κ3) is 2.93. The summed E-state index contributed by atoms with van der Waals surface area (Å²) in [5, 5.41) is 5.11. The Morgan fingerprint density at radius 2 is 1.10 bits per heavy atom. The largest absolute Gasteiger partial charge is 0.308 e. The molecule has 31 heavy (non-hydrogen) atoms. The highest BCUT2D eigenvalue weighted by Crippen LogP contribution is 2.42. The Morgan fingerprint density at radius 1 is 0.516 bits per heavy atom. The van der Waals surface area contributed by atoms with Gasteiger partial charge in [-0.2, -0.15) is 0 Å². The van der Waals surface area contributed by atoms with Crippen molar-refractivity contribution >= 4 is 50.4 Å². The van der Waals surface area contributed by atoms with Gasteiger partial charge in [-0.25, -0.2) is 0 Å². The van der Waals surface area contributed by atoms with Crippen LogP contribution in [0, 0.1) is 0 Å². The van der Waals surface area contributed by atoms with Crippen LogP contribution in [0.25, 0.3) is 49.6 Å². The van der Waals surface area contributed by atoms with Gasteiger partial charge < -0.3 is 4.40 Å². The van der Waals surface area contributed by atoms with E-state index in [4.69, 9.17) is 23.2 Å². The minimum Gasteiger partial charge on any atom is -0.308 e. The second kappa shape index (κ2) is 7.16. The van der Waals surface area contributed by atoms with Crippen molar-refractivity contribution in [3.63, 3.8) is 0 Å². The Morgan fingerprint density at radius 3 is 1.81 bits per heavy atom. The van der Waals surface area contributed by atoms with E-state index in [0.29, 0.717) is 0 Å². The standard InChI is InChI=1S/C28H17Cl2N/c29-21-13-9-18(10-14-21)27-24-7-3-2-6-23(24)26-17-20-5-1-4-8-25(20)31(26)28(27)19-11-15-22(30)16-12-19/h1-17H. The quantitative estimate of drug-likeness (QED) is 0.254. The summed E-state index contributed by atoms with van der Waals surface area (Å²) in [7, 11) is 0. The molecule has 1 nitrogen and oxygen atoms in total. The minimum absolute atomic E-state index is 0.728. The molecule has 148 valence electrons. The Balaban J connectivity index is 1.90. The van der Waals surface area contributed by atoms with Crippen LogP contribution in [0.3, 0.4) is 0 Å². The van der Waals surface area contributed by atoms with E-state index < -0.39 is 0 Å². The highest BCUT2D eigenvalue weighted by Gasteiger charge is 2.19. The van der Waals surface area contributed by atoms with Crippen LogP contribution in [0.1, 0.15) is 0 Å². The van der Waals surface area contributed by atoms with E-state index in [1.807, 2.05) is 24.3 Å². The molecule has 4 aromatic carbocycles. The molecule has 0 aliphatic heterocycles. The first kappa shape index (κ1) is 18.5. The number of benzene rings is 4. The normalized spacial score (nSPS) is 11.5. The number of fused-ring (bicyclic) bond motifs is 5. The van der Waals surface area contributed by atoms with Gasteiger partial charge in [-0.3, -0.25) is 0 Å². The van der Waals surface area contributed by atoms with Crippen LogP contribution in [0.2, 0.25) is 10.0 Å². The molecule has 6 rings (SSSR count). The van der Waals surface area contributed by atoms with Crippen molar-refractivity contribution in [1.82, 2.24) is 4.40 Å². The van der Waals surface area contributed by atoms with E-state index in [2.05, 4.69) is 83.3 Å². The molecule has 0 fully saturated rings. The van der Waals surface area contributed by atoms with Crippen molar-refractivity contribution in [1.29, 1.82) is 0 Å². The third-order valence-corrected chi connectivity index (χ3v) is 6.40. The first-order valence-electron chi connectivity index (χ1n) is 10.2. The average molecular weight is 438 g/mol. The monoisotopic (exact) mass is 437 g/mol. The SMILES string of the molecule is Clc1ccc(-c2c(-c3ccc(Cl)cc3)n3c4ccccc4cc3c3ccccc23)cc1. The smallest absolute Gasteiger partial charge is 0.0619 e. The van der Waals surface area contributed by atoms with Crippen molar-refractivity contribution in [3.8, 4) is 22.4 Å². The van der Waals surface area contributed by atoms with Crippen LogP contribution in [-0.2, 0) is 0 Å². The van der Waals surface area contributed by atoms with Crippen LogP contribution in [0.15, 0.2) is 103 Å². The van der Waals surface area contributed by atoms with Gasteiger partial charge in [0, 0.05) is 26.4 Å². The molecule has 2 heterocycles. The van der Waals surface area contributed by atoms with Gasteiger partial charge >= 0.3 is 0 Å². The van der Waals surface area contributed by atoms with Crippen molar-refractivity contribution in [3.05, 3.63) is 113 Å². The molecule has 3 heteroatoms. The van der Waals surface area contributed by atoms with Crippen molar-refractivity contribution < 1.29 is 0 Å². The number of rotatable bonds is 2. The van der Waals surface area contributed by atoms with Gasteiger partial charge in [0.05, 0.1) is 16.7 Å². The lowest BCUT2D eigenvalue weighted by Gasteiger charge is -2.18. The summed E-state index contributed by atoms with van der Waals surface area (Å²) < 4.78 is 2.38. The van der Waals surface area contributed by atoms with E-state index in [-0.39, 0.29) is 0 Å². The van der Waals surface area contributed by atoms with E-state index in [1.165, 1.54) is 32.8 Å². The molecular formula is C28H17Cl2N. The first-order chi connectivity index (χ1) is 15.2. The molecule has 0 radical (unpaired) electrons. The van der Waals surface area contributed by atoms with Gasteiger partial charge in [-0.05, 0) is 52.9 Å². The maximum Gasteiger partial charge on any atom is 0.0619 e. The summed E-state index contributed by atoms with van der Waals surface area (Å²) in [6, 6.07) is 35.6. The van der Waals surface area contributed by atoms with Crippen molar-refractivity contribution in [2.24, 2.45) is 0 Å². The fourth-order valence-electron chi connectivity index (χ4n) is 4.55. The Kier molecular flexibility index (Phi) is 4.27. The molecule has 6 aromatic rings. The predicted octanol–water partition coefficient (Wildman–Crippen LogP) is 8.89. The summed E-state index contributed by atoms with van der Waals surface area (Å²) >= 11 is 12.5. The lowest BCUT2D eigenvalue weighted by atomic mass is 9.93. The summed E-state index contributed by atoms with van der Waals surface area (Å²) in [5.41, 5.74) is 6.96. The molecular weight excluding hydrogens is 421 g/mol. The van der Waals surface area contributed by atoms with Crippen LogP contribution < -0.4 is 0 Å². The zero-order chi connectivity index (χ0) is 20.9. The van der Waals surface area contributed by atoms with E-state index >= 15 is 0 Å². The predicted molar refractivity (Wildman–Crippen MR) is 133 cm³/mol. The highest BCUT2D eigenvalue weighted by atomic mass is 35.5. The second-order valence-electron chi connectivity index (χ2n) is 7.71. The van der Waals surface area contributed by atoms with Crippen molar-refractivity contribution in [2.75, 3.05) is 0 Å².